The zero-order valence-electron chi connectivity index (χ0n) is 17.6. The number of anilines is 1. The molecular formula is C25H18BrCl2N3O3. The van der Waals surface area contributed by atoms with E-state index in [-0.39, 0.29) is 29.7 Å². The Bertz CT molecular complexity index is 1290. The number of para-hydroxylation sites is 1. The quantitative estimate of drug-likeness (QED) is 0.377. The van der Waals surface area contributed by atoms with E-state index in [1.807, 2.05) is 18.2 Å². The third-order valence-electron chi connectivity index (χ3n) is 5.17. The molecule has 6 nitrogen and oxygen atoms in total. The van der Waals surface area contributed by atoms with Gasteiger partial charge in [-0.2, -0.15) is 0 Å². The summed E-state index contributed by atoms with van der Waals surface area (Å²) in [5, 5.41) is 6.22. The maximum absolute atomic E-state index is 12.8. The Morgan fingerprint density at radius 1 is 0.853 bits per heavy atom. The molecule has 0 unspecified atom stereocenters. The van der Waals surface area contributed by atoms with Crippen LogP contribution < -0.4 is 10.6 Å². The Labute approximate surface area is 214 Å². The number of rotatable bonds is 7. The van der Waals surface area contributed by atoms with Crippen molar-refractivity contribution in [3.05, 3.63) is 110 Å². The first-order valence-corrected chi connectivity index (χ1v) is 11.8. The van der Waals surface area contributed by atoms with Crippen LogP contribution in [0.2, 0.25) is 5.02 Å². The normalized spacial score (nSPS) is 13.4. The van der Waals surface area contributed by atoms with Crippen LogP contribution in [0.3, 0.4) is 0 Å². The highest BCUT2D eigenvalue weighted by molar-refractivity contribution is 9.10. The molecular weight excluding hydrogens is 541 g/mol. The van der Waals surface area contributed by atoms with Crippen LogP contribution in [0.1, 0.15) is 21.5 Å². The number of hydrogen-bond donors (Lipinski definition) is 2. The summed E-state index contributed by atoms with van der Waals surface area (Å²) in [5.41, 5.74) is 2.78. The highest BCUT2D eigenvalue weighted by Gasteiger charge is 2.37. The first kappa shape index (κ1) is 24.0. The molecule has 9 heteroatoms. The SMILES string of the molecule is O=C(Nc1ccccc1Br)c1ccc(CNC2=C(Cl)C(=O)N(Cc3ccc(Cl)cc3)C2=O)cc1. The zero-order chi connectivity index (χ0) is 24.2. The summed E-state index contributed by atoms with van der Waals surface area (Å²) in [6, 6.07) is 21.1. The molecule has 0 radical (unpaired) electrons. The maximum atomic E-state index is 12.8. The van der Waals surface area contributed by atoms with Crippen molar-refractivity contribution in [1.82, 2.24) is 10.2 Å². The first-order valence-electron chi connectivity index (χ1n) is 10.2. The minimum atomic E-state index is -0.553. The third-order valence-corrected chi connectivity index (χ3v) is 6.47. The van der Waals surface area contributed by atoms with Gasteiger partial charge in [0.1, 0.15) is 10.7 Å². The van der Waals surface area contributed by atoms with Crippen molar-refractivity contribution in [2.24, 2.45) is 0 Å². The fourth-order valence-electron chi connectivity index (χ4n) is 3.34. The second-order valence-corrected chi connectivity index (χ2v) is 9.17. The average molecular weight is 559 g/mol. The van der Waals surface area contributed by atoms with Crippen LogP contribution in [-0.2, 0) is 22.7 Å². The summed E-state index contributed by atoms with van der Waals surface area (Å²) in [4.78, 5) is 38.9. The monoisotopic (exact) mass is 557 g/mol. The Morgan fingerprint density at radius 3 is 2.18 bits per heavy atom. The number of carbonyl (C=O) groups excluding carboxylic acids is 3. The van der Waals surface area contributed by atoms with E-state index in [9.17, 15) is 14.4 Å². The van der Waals surface area contributed by atoms with Gasteiger partial charge >= 0.3 is 0 Å². The summed E-state index contributed by atoms with van der Waals surface area (Å²) < 4.78 is 0.787. The first-order chi connectivity index (χ1) is 16.3. The van der Waals surface area contributed by atoms with Gasteiger partial charge in [-0.05, 0) is 63.5 Å². The van der Waals surface area contributed by atoms with Crippen LogP contribution in [-0.4, -0.2) is 22.6 Å². The van der Waals surface area contributed by atoms with Crippen molar-refractivity contribution in [3.8, 4) is 0 Å². The molecule has 3 aromatic rings. The molecule has 0 aliphatic carbocycles. The molecule has 1 aliphatic rings. The Morgan fingerprint density at radius 2 is 1.50 bits per heavy atom. The van der Waals surface area contributed by atoms with E-state index >= 15 is 0 Å². The lowest BCUT2D eigenvalue weighted by Gasteiger charge is -2.15. The van der Waals surface area contributed by atoms with Gasteiger partial charge in [0.2, 0.25) is 0 Å². The second-order valence-electron chi connectivity index (χ2n) is 7.50. The van der Waals surface area contributed by atoms with Gasteiger partial charge in [-0.15, -0.1) is 0 Å². The molecule has 0 aromatic heterocycles. The number of halogens is 3. The molecule has 34 heavy (non-hydrogen) atoms. The largest absolute Gasteiger partial charge is 0.375 e. The number of imide groups is 1. The number of carbonyl (C=O) groups is 3. The summed E-state index contributed by atoms with van der Waals surface area (Å²) in [6.45, 7) is 0.350. The summed E-state index contributed by atoms with van der Waals surface area (Å²) in [5.74, 6) is -1.29. The molecule has 0 bridgehead atoms. The van der Waals surface area contributed by atoms with Gasteiger partial charge in [0.05, 0.1) is 12.2 Å². The highest BCUT2D eigenvalue weighted by atomic mass is 79.9. The minimum Gasteiger partial charge on any atom is -0.375 e. The molecule has 0 atom stereocenters. The molecule has 4 rings (SSSR count). The van der Waals surface area contributed by atoms with Gasteiger partial charge < -0.3 is 10.6 Å². The van der Waals surface area contributed by atoms with Crippen LogP contribution in [0.4, 0.5) is 5.69 Å². The van der Waals surface area contributed by atoms with E-state index in [0.717, 1.165) is 20.5 Å². The van der Waals surface area contributed by atoms with E-state index in [1.165, 1.54) is 0 Å². The number of benzene rings is 3. The van der Waals surface area contributed by atoms with Gasteiger partial charge in [-0.1, -0.05) is 59.6 Å². The van der Waals surface area contributed by atoms with Crippen molar-refractivity contribution in [2.75, 3.05) is 5.32 Å². The van der Waals surface area contributed by atoms with Crippen molar-refractivity contribution >= 4 is 62.5 Å². The summed E-state index contributed by atoms with van der Waals surface area (Å²) >= 11 is 15.5. The Hall–Kier alpha value is -3.13. The number of nitrogens with one attached hydrogen (secondary N) is 2. The zero-order valence-corrected chi connectivity index (χ0v) is 20.7. The smallest absolute Gasteiger partial charge is 0.278 e. The lowest BCUT2D eigenvalue weighted by atomic mass is 10.1. The van der Waals surface area contributed by atoms with Crippen molar-refractivity contribution in [1.29, 1.82) is 0 Å². The molecule has 0 spiro atoms. The number of nitrogens with zero attached hydrogens (tertiary/aromatic N) is 1. The molecule has 3 amide bonds. The predicted octanol–water partition coefficient (Wildman–Crippen LogP) is 5.46. The van der Waals surface area contributed by atoms with Gasteiger partial charge in [0.25, 0.3) is 17.7 Å². The van der Waals surface area contributed by atoms with Gasteiger partial charge in [-0.25, -0.2) is 0 Å². The Balaban J connectivity index is 1.37. The van der Waals surface area contributed by atoms with Crippen LogP contribution in [0.15, 0.2) is 88.0 Å². The lowest BCUT2D eigenvalue weighted by molar-refractivity contribution is -0.138. The molecule has 1 aliphatic heterocycles. The standard InChI is InChI=1S/C25H18BrCl2N3O3/c26-19-3-1-2-4-20(19)30-23(32)17-9-5-15(6-10-17)13-29-22-21(28)24(33)31(25(22)34)14-16-7-11-18(27)12-8-16/h1-12,29H,13-14H2,(H,30,32). The van der Waals surface area contributed by atoms with Crippen molar-refractivity contribution in [2.45, 2.75) is 13.1 Å². The van der Waals surface area contributed by atoms with Gasteiger partial charge in [0.15, 0.2) is 0 Å². The van der Waals surface area contributed by atoms with Crippen molar-refractivity contribution in [3.63, 3.8) is 0 Å². The van der Waals surface area contributed by atoms with Crippen LogP contribution in [0.25, 0.3) is 0 Å². The average Bonchev–Trinajstić information content (AvgIpc) is 3.03. The van der Waals surface area contributed by atoms with E-state index in [0.29, 0.717) is 16.3 Å². The lowest BCUT2D eigenvalue weighted by Crippen LogP contribution is -2.33. The second kappa shape index (κ2) is 10.4. The summed E-state index contributed by atoms with van der Waals surface area (Å²) in [7, 11) is 0. The fraction of sp³-hybridized carbons (Fsp3) is 0.0800. The van der Waals surface area contributed by atoms with Crippen LogP contribution in [0, 0.1) is 0 Å². The van der Waals surface area contributed by atoms with Crippen molar-refractivity contribution < 1.29 is 14.4 Å². The highest BCUT2D eigenvalue weighted by Crippen LogP contribution is 2.25. The predicted molar refractivity (Wildman–Crippen MR) is 135 cm³/mol. The molecule has 1 heterocycles. The summed E-state index contributed by atoms with van der Waals surface area (Å²) in [6.07, 6.45) is 0. The maximum Gasteiger partial charge on any atom is 0.278 e. The molecule has 172 valence electrons. The van der Waals surface area contributed by atoms with E-state index < -0.39 is 11.8 Å². The molecule has 0 saturated carbocycles. The molecule has 3 aromatic carbocycles. The van der Waals surface area contributed by atoms with E-state index in [4.69, 9.17) is 23.2 Å². The molecule has 0 saturated heterocycles. The Kier molecular flexibility index (Phi) is 7.36. The van der Waals surface area contributed by atoms with Crippen LogP contribution in [0.5, 0.6) is 0 Å². The topological polar surface area (TPSA) is 78.5 Å². The molecule has 2 N–H and O–H groups in total. The fourth-order valence-corrected chi connectivity index (χ4v) is 4.10. The van der Waals surface area contributed by atoms with Crippen LogP contribution >= 0.6 is 39.1 Å². The number of amides is 3. The number of hydrogen-bond acceptors (Lipinski definition) is 4. The van der Waals surface area contributed by atoms with Gasteiger partial charge in [0, 0.05) is 21.6 Å². The van der Waals surface area contributed by atoms with E-state index in [2.05, 4.69) is 26.6 Å². The third kappa shape index (κ3) is 5.33. The van der Waals surface area contributed by atoms with E-state index in [1.54, 1.807) is 54.6 Å². The minimum absolute atomic E-state index is 0.0522. The molecule has 0 fully saturated rings. The van der Waals surface area contributed by atoms with Gasteiger partial charge in [-0.3, -0.25) is 19.3 Å².